The zero-order valence-electron chi connectivity index (χ0n) is 13.0. The standard InChI is InChI=1S/C18H21N3O2/c22-18(23-16-6-2-1-3-7-16)20-14-15-9-12-21(13-10-15)17-8-4-5-11-19-17/h1-8,11,15H,9-10,12-14H2,(H,20,22). The van der Waals surface area contributed by atoms with Gasteiger partial charge in [-0.3, -0.25) is 0 Å². The molecule has 0 bridgehead atoms. The second-order valence-corrected chi connectivity index (χ2v) is 5.70. The smallest absolute Gasteiger partial charge is 0.410 e. The van der Waals surface area contributed by atoms with Crippen LogP contribution in [0.4, 0.5) is 10.6 Å². The van der Waals surface area contributed by atoms with E-state index in [1.54, 1.807) is 12.1 Å². The summed E-state index contributed by atoms with van der Waals surface area (Å²) in [6, 6.07) is 15.1. The Morgan fingerprint density at radius 1 is 1.13 bits per heavy atom. The minimum Gasteiger partial charge on any atom is -0.410 e. The highest BCUT2D eigenvalue weighted by Gasteiger charge is 2.20. The molecular weight excluding hydrogens is 290 g/mol. The first-order valence-electron chi connectivity index (χ1n) is 7.98. The molecule has 1 N–H and O–H groups in total. The fourth-order valence-electron chi connectivity index (χ4n) is 2.77. The molecule has 0 radical (unpaired) electrons. The number of hydrogen-bond acceptors (Lipinski definition) is 4. The molecule has 0 unspecified atom stereocenters. The quantitative estimate of drug-likeness (QED) is 0.943. The predicted octanol–water partition coefficient (Wildman–Crippen LogP) is 3.09. The van der Waals surface area contributed by atoms with Crippen molar-refractivity contribution in [3.05, 3.63) is 54.7 Å². The Labute approximate surface area is 136 Å². The van der Waals surface area contributed by atoms with E-state index in [1.807, 2.05) is 42.6 Å². The average molecular weight is 311 g/mol. The lowest BCUT2D eigenvalue weighted by molar-refractivity contribution is 0.197. The van der Waals surface area contributed by atoms with Crippen molar-refractivity contribution in [2.45, 2.75) is 12.8 Å². The van der Waals surface area contributed by atoms with Gasteiger partial charge in [-0.05, 0) is 43.0 Å². The van der Waals surface area contributed by atoms with Crippen molar-refractivity contribution in [2.75, 3.05) is 24.5 Å². The topological polar surface area (TPSA) is 54.5 Å². The van der Waals surface area contributed by atoms with Gasteiger partial charge >= 0.3 is 6.09 Å². The number of amides is 1. The highest BCUT2D eigenvalue weighted by atomic mass is 16.6. The van der Waals surface area contributed by atoms with Crippen molar-refractivity contribution in [3.63, 3.8) is 0 Å². The zero-order chi connectivity index (χ0) is 15.9. The van der Waals surface area contributed by atoms with E-state index >= 15 is 0 Å². The molecule has 5 heteroatoms. The third-order valence-corrected chi connectivity index (χ3v) is 4.08. The Hall–Kier alpha value is -2.56. The molecule has 0 aliphatic carbocycles. The van der Waals surface area contributed by atoms with Crippen LogP contribution in [-0.2, 0) is 0 Å². The van der Waals surface area contributed by atoms with Crippen LogP contribution in [0.1, 0.15) is 12.8 Å². The molecule has 0 atom stereocenters. The molecule has 0 spiro atoms. The maximum absolute atomic E-state index is 11.8. The number of ether oxygens (including phenoxy) is 1. The molecule has 1 amide bonds. The Bertz CT molecular complexity index is 611. The summed E-state index contributed by atoms with van der Waals surface area (Å²) >= 11 is 0. The van der Waals surface area contributed by atoms with E-state index in [0.29, 0.717) is 18.2 Å². The third kappa shape index (κ3) is 4.45. The van der Waals surface area contributed by atoms with Crippen molar-refractivity contribution in [1.82, 2.24) is 10.3 Å². The molecule has 1 saturated heterocycles. The van der Waals surface area contributed by atoms with Crippen LogP contribution in [0.3, 0.4) is 0 Å². The van der Waals surface area contributed by atoms with Gasteiger partial charge in [0.1, 0.15) is 11.6 Å². The van der Waals surface area contributed by atoms with Crippen LogP contribution in [0.2, 0.25) is 0 Å². The highest BCUT2D eigenvalue weighted by Crippen LogP contribution is 2.21. The third-order valence-electron chi connectivity index (χ3n) is 4.08. The van der Waals surface area contributed by atoms with E-state index in [-0.39, 0.29) is 6.09 Å². The molecule has 1 aliphatic heterocycles. The van der Waals surface area contributed by atoms with Gasteiger partial charge in [0.15, 0.2) is 0 Å². The maximum Gasteiger partial charge on any atom is 0.412 e. The summed E-state index contributed by atoms with van der Waals surface area (Å²) in [6.45, 7) is 2.59. The van der Waals surface area contributed by atoms with Gasteiger partial charge in [0.05, 0.1) is 0 Å². The second-order valence-electron chi connectivity index (χ2n) is 5.70. The number of benzene rings is 1. The number of anilines is 1. The van der Waals surface area contributed by atoms with Crippen LogP contribution in [0.15, 0.2) is 54.7 Å². The minimum atomic E-state index is -0.386. The summed E-state index contributed by atoms with van der Waals surface area (Å²) in [6.07, 6.45) is 3.52. The number of para-hydroxylation sites is 1. The van der Waals surface area contributed by atoms with E-state index in [0.717, 1.165) is 31.7 Å². The number of rotatable bonds is 4. The van der Waals surface area contributed by atoms with E-state index < -0.39 is 0 Å². The van der Waals surface area contributed by atoms with E-state index in [4.69, 9.17) is 4.74 Å². The molecule has 1 aliphatic rings. The van der Waals surface area contributed by atoms with Crippen molar-refractivity contribution in [2.24, 2.45) is 5.92 Å². The number of nitrogens with zero attached hydrogens (tertiary/aromatic N) is 2. The minimum absolute atomic E-state index is 0.386. The van der Waals surface area contributed by atoms with Crippen molar-refractivity contribution >= 4 is 11.9 Å². The summed E-state index contributed by atoms with van der Waals surface area (Å²) < 4.78 is 5.23. The largest absolute Gasteiger partial charge is 0.412 e. The molecule has 3 rings (SSSR count). The number of pyridine rings is 1. The van der Waals surface area contributed by atoms with Crippen molar-refractivity contribution < 1.29 is 9.53 Å². The first-order valence-corrected chi connectivity index (χ1v) is 7.98. The van der Waals surface area contributed by atoms with E-state index in [9.17, 15) is 4.79 Å². The van der Waals surface area contributed by atoms with Gasteiger partial charge in [-0.25, -0.2) is 9.78 Å². The molecular formula is C18H21N3O2. The van der Waals surface area contributed by atoms with Crippen molar-refractivity contribution in [3.8, 4) is 5.75 Å². The SMILES string of the molecule is O=C(NCC1CCN(c2ccccn2)CC1)Oc1ccccc1. The van der Waals surface area contributed by atoms with Gasteiger partial charge in [-0.2, -0.15) is 0 Å². The highest BCUT2D eigenvalue weighted by molar-refractivity contribution is 5.70. The summed E-state index contributed by atoms with van der Waals surface area (Å²) in [4.78, 5) is 18.5. The number of hydrogen-bond donors (Lipinski definition) is 1. The molecule has 120 valence electrons. The maximum atomic E-state index is 11.8. The molecule has 1 aromatic carbocycles. The van der Waals surface area contributed by atoms with E-state index in [1.165, 1.54) is 0 Å². The van der Waals surface area contributed by atoms with E-state index in [2.05, 4.69) is 15.2 Å². The van der Waals surface area contributed by atoms with Crippen LogP contribution in [0.5, 0.6) is 5.75 Å². The van der Waals surface area contributed by atoms with Crippen LogP contribution in [-0.4, -0.2) is 30.7 Å². The summed E-state index contributed by atoms with van der Waals surface area (Å²) in [7, 11) is 0. The van der Waals surface area contributed by atoms with Crippen molar-refractivity contribution in [1.29, 1.82) is 0 Å². The first kappa shape index (κ1) is 15.3. The molecule has 2 heterocycles. The lowest BCUT2D eigenvalue weighted by Gasteiger charge is -2.32. The Kier molecular flexibility index (Phi) is 5.09. The number of aromatic nitrogens is 1. The fraction of sp³-hybridized carbons (Fsp3) is 0.333. The van der Waals surface area contributed by atoms with Gasteiger partial charge in [-0.15, -0.1) is 0 Å². The molecule has 1 fully saturated rings. The fourth-order valence-corrected chi connectivity index (χ4v) is 2.77. The lowest BCUT2D eigenvalue weighted by Crippen LogP contribution is -2.39. The molecule has 1 aromatic heterocycles. The molecule has 2 aromatic rings. The summed E-state index contributed by atoms with van der Waals surface area (Å²) in [5.41, 5.74) is 0. The monoisotopic (exact) mass is 311 g/mol. The zero-order valence-corrected chi connectivity index (χ0v) is 13.0. The van der Waals surface area contributed by atoms with Gasteiger partial charge < -0.3 is 15.0 Å². The Balaban J connectivity index is 1.40. The Morgan fingerprint density at radius 2 is 1.87 bits per heavy atom. The summed E-state index contributed by atoms with van der Waals surface area (Å²) in [5, 5.41) is 2.86. The van der Waals surface area contributed by atoms with Gasteiger partial charge in [0.2, 0.25) is 0 Å². The number of nitrogens with one attached hydrogen (secondary N) is 1. The van der Waals surface area contributed by atoms with Gasteiger partial charge in [-0.1, -0.05) is 24.3 Å². The van der Waals surface area contributed by atoms with Crippen LogP contribution in [0, 0.1) is 5.92 Å². The van der Waals surface area contributed by atoms with Crippen LogP contribution in [0.25, 0.3) is 0 Å². The second kappa shape index (κ2) is 7.63. The van der Waals surface area contributed by atoms with Crippen LogP contribution < -0.4 is 15.0 Å². The first-order chi connectivity index (χ1) is 11.3. The van der Waals surface area contributed by atoms with Crippen LogP contribution >= 0.6 is 0 Å². The lowest BCUT2D eigenvalue weighted by atomic mass is 9.97. The molecule has 0 saturated carbocycles. The number of carbonyl (C=O) groups is 1. The molecule has 5 nitrogen and oxygen atoms in total. The summed E-state index contributed by atoms with van der Waals surface area (Å²) in [5.74, 6) is 2.08. The van der Waals surface area contributed by atoms with Gasteiger partial charge in [0, 0.05) is 25.8 Å². The predicted molar refractivity (Wildman–Crippen MR) is 89.6 cm³/mol. The Morgan fingerprint density at radius 3 is 2.57 bits per heavy atom. The number of piperidine rings is 1. The molecule has 23 heavy (non-hydrogen) atoms. The number of carbonyl (C=O) groups excluding carboxylic acids is 1. The van der Waals surface area contributed by atoms with Gasteiger partial charge in [0.25, 0.3) is 0 Å². The average Bonchev–Trinajstić information content (AvgIpc) is 2.62. The normalized spacial score (nSPS) is 15.2.